The highest BCUT2D eigenvalue weighted by Crippen LogP contribution is 2.15. The highest BCUT2D eigenvalue weighted by Gasteiger charge is 2.23. The van der Waals surface area contributed by atoms with E-state index >= 15 is 0 Å². The first-order chi connectivity index (χ1) is 9.70. The Labute approximate surface area is 126 Å². The molecule has 8 heteroatoms. The van der Waals surface area contributed by atoms with Crippen LogP contribution in [0.25, 0.3) is 0 Å². The van der Waals surface area contributed by atoms with Gasteiger partial charge in [0, 0.05) is 36.4 Å². The van der Waals surface area contributed by atoms with Crippen LogP contribution in [0.15, 0.2) is 5.03 Å². The first-order valence-corrected chi connectivity index (χ1v) is 8.59. The number of aryl methyl sites for hydroxylation is 1. The number of nitrogens with one attached hydrogen (secondary N) is 2. The van der Waals surface area contributed by atoms with Crippen LogP contribution in [0.5, 0.6) is 0 Å². The van der Waals surface area contributed by atoms with E-state index in [1.807, 2.05) is 0 Å². The Morgan fingerprint density at radius 3 is 2.33 bits per heavy atom. The summed E-state index contributed by atoms with van der Waals surface area (Å²) in [6.07, 6.45) is 0. The molecule has 7 nitrogen and oxygen atoms in total. The zero-order valence-corrected chi connectivity index (χ0v) is 14.2. The summed E-state index contributed by atoms with van der Waals surface area (Å²) < 4.78 is 27.0. The molecule has 0 saturated heterocycles. The third-order valence-electron chi connectivity index (χ3n) is 3.44. The predicted molar refractivity (Wildman–Crippen MR) is 81.4 cm³/mol. The molecule has 1 rings (SSSR count). The molecule has 0 saturated carbocycles. The Morgan fingerprint density at radius 1 is 1.29 bits per heavy atom. The van der Waals surface area contributed by atoms with Crippen molar-refractivity contribution in [2.45, 2.75) is 58.3 Å². The van der Waals surface area contributed by atoms with Crippen molar-refractivity contribution in [1.82, 2.24) is 19.8 Å². The first kappa shape index (κ1) is 18.1. The summed E-state index contributed by atoms with van der Waals surface area (Å²) in [6, 6.07) is 0.685. The van der Waals surface area contributed by atoms with Crippen LogP contribution >= 0.6 is 0 Å². The number of aliphatic hydroxyl groups excluding tert-OH is 1. The lowest BCUT2D eigenvalue weighted by Crippen LogP contribution is -2.42. The quantitative estimate of drug-likeness (QED) is 0.652. The molecular formula is C13H26N4O3S. The van der Waals surface area contributed by atoms with Crippen molar-refractivity contribution in [3.05, 3.63) is 11.3 Å². The normalized spacial score (nSPS) is 12.8. The second kappa shape index (κ2) is 7.35. The van der Waals surface area contributed by atoms with Gasteiger partial charge in [0.05, 0.1) is 6.61 Å². The maximum absolute atomic E-state index is 12.2. The zero-order chi connectivity index (χ0) is 16.2. The molecule has 0 aliphatic carbocycles. The van der Waals surface area contributed by atoms with Crippen LogP contribution in [0.2, 0.25) is 0 Å². The van der Waals surface area contributed by atoms with Crippen molar-refractivity contribution in [1.29, 1.82) is 0 Å². The minimum Gasteiger partial charge on any atom is -0.392 e. The van der Waals surface area contributed by atoms with Crippen molar-refractivity contribution >= 4 is 10.0 Å². The van der Waals surface area contributed by atoms with Gasteiger partial charge in [0.1, 0.15) is 0 Å². The number of rotatable bonds is 8. The smallest absolute Gasteiger partial charge is 0.260 e. The molecule has 1 aromatic rings. The van der Waals surface area contributed by atoms with E-state index in [-0.39, 0.29) is 11.6 Å². The molecule has 0 aromatic carbocycles. The van der Waals surface area contributed by atoms with E-state index in [9.17, 15) is 13.5 Å². The zero-order valence-electron chi connectivity index (χ0n) is 13.3. The molecule has 0 bridgehead atoms. The minimum atomic E-state index is -3.71. The van der Waals surface area contributed by atoms with Gasteiger partial charge in [-0.3, -0.25) is 10.00 Å². The molecule has 0 aliphatic heterocycles. The van der Waals surface area contributed by atoms with Crippen LogP contribution in [0.1, 0.15) is 39.0 Å². The molecule has 0 aliphatic rings. The lowest BCUT2D eigenvalue weighted by atomic mass is 10.2. The SMILES string of the molecule is Cc1[nH]nc(S(=O)(=O)NCCN(C(C)C)C(C)C)c1CO. The molecule has 122 valence electrons. The van der Waals surface area contributed by atoms with Crippen molar-refractivity contribution in [2.24, 2.45) is 0 Å². The Balaban J connectivity index is 2.73. The van der Waals surface area contributed by atoms with E-state index in [2.05, 4.69) is 47.5 Å². The summed E-state index contributed by atoms with van der Waals surface area (Å²) in [6.45, 7) is 10.6. The third kappa shape index (κ3) is 4.50. The van der Waals surface area contributed by atoms with Gasteiger partial charge in [-0.1, -0.05) is 0 Å². The van der Waals surface area contributed by atoms with Crippen molar-refractivity contribution < 1.29 is 13.5 Å². The fourth-order valence-electron chi connectivity index (χ4n) is 2.33. The number of H-pyrrole nitrogens is 1. The second-order valence-corrected chi connectivity index (χ2v) is 7.30. The van der Waals surface area contributed by atoms with E-state index in [1.165, 1.54) is 0 Å². The fraction of sp³-hybridized carbons (Fsp3) is 0.769. The number of aromatic amines is 1. The topological polar surface area (TPSA) is 98.3 Å². The van der Waals surface area contributed by atoms with Gasteiger partial charge in [-0.25, -0.2) is 13.1 Å². The van der Waals surface area contributed by atoms with E-state index in [1.54, 1.807) is 6.92 Å². The molecular weight excluding hydrogens is 292 g/mol. The Morgan fingerprint density at radius 2 is 1.86 bits per heavy atom. The van der Waals surface area contributed by atoms with Gasteiger partial charge in [0.2, 0.25) is 0 Å². The lowest BCUT2D eigenvalue weighted by molar-refractivity contribution is 0.179. The monoisotopic (exact) mass is 318 g/mol. The fourth-order valence-corrected chi connectivity index (χ4v) is 3.53. The molecule has 1 heterocycles. The Kier molecular flexibility index (Phi) is 6.33. The summed E-state index contributed by atoms with van der Waals surface area (Å²) >= 11 is 0. The molecule has 0 amide bonds. The van der Waals surface area contributed by atoms with Gasteiger partial charge in [-0.2, -0.15) is 5.10 Å². The Hall–Kier alpha value is -0.960. The van der Waals surface area contributed by atoms with Crippen LogP contribution < -0.4 is 4.72 Å². The van der Waals surface area contributed by atoms with E-state index in [4.69, 9.17) is 0 Å². The molecule has 21 heavy (non-hydrogen) atoms. The van der Waals surface area contributed by atoms with Gasteiger partial charge >= 0.3 is 0 Å². The van der Waals surface area contributed by atoms with E-state index in [0.717, 1.165) is 0 Å². The van der Waals surface area contributed by atoms with E-state index in [0.29, 0.717) is 36.4 Å². The largest absolute Gasteiger partial charge is 0.392 e. The standard InChI is InChI=1S/C13H26N4O3S/c1-9(2)17(10(3)4)7-6-14-21(19,20)13-12(8-18)11(5)15-16-13/h9-10,14,18H,6-8H2,1-5H3,(H,15,16). The average Bonchev–Trinajstić information content (AvgIpc) is 2.75. The number of sulfonamides is 1. The van der Waals surface area contributed by atoms with Crippen LogP contribution in [0.3, 0.4) is 0 Å². The number of aliphatic hydroxyl groups is 1. The maximum Gasteiger partial charge on any atom is 0.260 e. The highest BCUT2D eigenvalue weighted by molar-refractivity contribution is 7.89. The number of nitrogens with zero attached hydrogens (tertiary/aromatic N) is 2. The van der Waals surface area contributed by atoms with Crippen molar-refractivity contribution in [3.63, 3.8) is 0 Å². The Bertz CT molecular complexity index is 544. The average molecular weight is 318 g/mol. The van der Waals surface area contributed by atoms with Crippen molar-refractivity contribution in [3.8, 4) is 0 Å². The van der Waals surface area contributed by atoms with Gasteiger partial charge in [0.25, 0.3) is 10.0 Å². The molecule has 3 N–H and O–H groups in total. The summed E-state index contributed by atoms with van der Waals surface area (Å²) in [5.74, 6) is 0. The van der Waals surface area contributed by atoms with Crippen LogP contribution in [-0.4, -0.2) is 53.8 Å². The molecule has 0 spiro atoms. The maximum atomic E-state index is 12.2. The highest BCUT2D eigenvalue weighted by atomic mass is 32.2. The summed E-state index contributed by atoms with van der Waals surface area (Å²) in [5, 5.41) is 15.5. The summed E-state index contributed by atoms with van der Waals surface area (Å²) in [5.41, 5.74) is 0.871. The molecule has 0 unspecified atom stereocenters. The molecule has 1 aromatic heterocycles. The van der Waals surface area contributed by atoms with Crippen LogP contribution in [-0.2, 0) is 16.6 Å². The summed E-state index contributed by atoms with van der Waals surface area (Å²) in [7, 11) is -3.71. The van der Waals surface area contributed by atoms with Gasteiger partial charge in [-0.15, -0.1) is 0 Å². The third-order valence-corrected chi connectivity index (χ3v) is 4.87. The van der Waals surface area contributed by atoms with Crippen molar-refractivity contribution in [2.75, 3.05) is 13.1 Å². The number of aromatic nitrogens is 2. The molecule has 0 radical (unpaired) electrons. The first-order valence-electron chi connectivity index (χ1n) is 7.10. The van der Waals surface area contributed by atoms with E-state index < -0.39 is 10.0 Å². The minimum absolute atomic E-state index is 0.122. The predicted octanol–water partition coefficient (Wildman–Crippen LogP) is 0.608. The number of hydrogen-bond donors (Lipinski definition) is 3. The summed E-state index contributed by atoms with van der Waals surface area (Å²) in [4.78, 5) is 2.20. The molecule has 0 fully saturated rings. The van der Waals surface area contributed by atoms with Crippen LogP contribution in [0.4, 0.5) is 0 Å². The second-order valence-electron chi connectivity index (χ2n) is 5.61. The van der Waals surface area contributed by atoms with Gasteiger partial charge in [0.15, 0.2) is 5.03 Å². The van der Waals surface area contributed by atoms with Crippen LogP contribution in [0, 0.1) is 6.92 Å². The lowest BCUT2D eigenvalue weighted by Gasteiger charge is -2.30. The van der Waals surface area contributed by atoms with Gasteiger partial charge in [-0.05, 0) is 34.6 Å². The van der Waals surface area contributed by atoms with Gasteiger partial charge < -0.3 is 5.11 Å². The molecule has 0 atom stereocenters. The number of hydrogen-bond acceptors (Lipinski definition) is 5.